The van der Waals surface area contributed by atoms with Crippen LogP contribution >= 0.6 is 34.5 Å². The van der Waals surface area contributed by atoms with Gasteiger partial charge in [-0.2, -0.15) is 5.10 Å². The third-order valence-electron chi connectivity index (χ3n) is 2.19. The molecule has 1 unspecified atom stereocenters. The van der Waals surface area contributed by atoms with E-state index in [1.807, 2.05) is 19.3 Å². The van der Waals surface area contributed by atoms with Gasteiger partial charge in [-0.05, 0) is 12.1 Å². The molecule has 0 spiro atoms. The van der Waals surface area contributed by atoms with E-state index < -0.39 is 0 Å². The lowest BCUT2D eigenvalue weighted by Crippen LogP contribution is -2.29. The molecule has 0 saturated carbocycles. The summed E-state index contributed by atoms with van der Waals surface area (Å²) < 4.78 is 2.97. The molecule has 0 fully saturated rings. The van der Waals surface area contributed by atoms with Crippen LogP contribution in [0.1, 0.15) is 17.3 Å². The van der Waals surface area contributed by atoms with Crippen molar-refractivity contribution in [1.82, 2.24) is 15.2 Å². The molecule has 7 heteroatoms. The fourth-order valence-electron chi connectivity index (χ4n) is 1.47. The number of hydrazine groups is 1. The first-order chi connectivity index (χ1) is 7.61. The molecule has 2 rings (SSSR count). The number of nitrogens with zero attached hydrogens (tertiary/aromatic N) is 2. The van der Waals surface area contributed by atoms with E-state index in [1.165, 1.54) is 11.3 Å². The molecule has 16 heavy (non-hydrogen) atoms. The van der Waals surface area contributed by atoms with Gasteiger partial charge in [0.05, 0.1) is 20.4 Å². The van der Waals surface area contributed by atoms with Gasteiger partial charge >= 0.3 is 0 Å². The Kier molecular flexibility index (Phi) is 3.51. The quantitative estimate of drug-likeness (QED) is 0.668. The number of rotatable bonds is 3. The SMILES string of the molecule is Cn1ccc(C(NN)c2cc(Cl)sc2Cl)n1. The standard InChI is InChI=1S/C9H10Cl2N4S/c1-15-3-2-6(14-15)8(13-12)5-4-7(10)16-9(5)11/h2-4,8,13H,12H2,1H3. The van der Waals surface area contributed by atoms with E-state index in [0.29, 0.717) is 8.67 Å². The molecule has 0 radical (unpaired) electrons. The Morgan fingerprint density at radius 3 is 2.75 bits per heavy atom. The zero-order valence-corrected chi connectivity index (χ0v) is 10.8. The molecule has 0 aliphatic carbocycles. The van der Waals surface area contributed by atoms with Crippen LogP contribution in [-0.4, -0.2) is 9.78 Å². The summed E-state index contributed by atoms with van der Waals surface area (Å²) in [5, 5.41) is 4.29. The summed E-state index contributed by atoms with van der Waals surface area (Å²) >= 11 is 13.3. The summed E-state index contributed by atoms with van der Waals surface area (Å²) in [6, 6.07) is 3.44. The smallest absolute Gasteiger partial charge is 0.0996 e. The van der Waals surface area contributed by atoms with Crippen molar-refractivity contribution in [3.05, 3.63) is 38.3 Å². The molecule has 0 aliphatic rings. The second kappa shape index (κ2) is 4.73. The molecule has 0 saturated heterocycles. The van der Waals surface area contributed by atoms with Gasteiger partial charge in [0.25, 0.3) is 0 Å². The zero-order chi connectivity index (χ0) is 11.7. The van der Waals surface area contributed by atoms with Gasteiger partial charge in [-0.1, -0.05) is 23.2 Å². The van der Waals surface area contributed by atoms with Gasteiger partial charge in [0.15, 0.2) is 0 Å². The van der Waals surface area contributed by atoms with E-state index in [-0.39, 0.29) is 6.04 Å². The minimum Gasteiger partial charge on any atom is -0.275 e. The maximum absolute atomic E-state index is 6.08. The summed E-state index contributed by atoms with van der Waals surface area (Å²) in [7, 11) is 1.85. The molecule has 0 aliphatic heterocycles. The highest BCUT2D eigenvalue weighted by Crippen LogP contribution is 2.36. The highest BCUT2D eigenvalue weighted by Gasteiger charge is 2.20. The minimum atomic E-state index is -0.238. The maximum atomic E-state index is 6.08. The molecule has 2 heterocycles. The number of nitrogens with two attached hydrogens (primary N) is 1. The number of aryl methyl sites for hydroxylation is 1. The molecular formula is C9H10Cl2N4S. The molecule has 0 amide bonds. The molecule has 0 aromatic carbocycles. The molecule has 3 N–H and O–H groups in total. The highest BCUT2D eigenvalue weighted by molar-refractivity contribution is 7.20. The Labute approximate surface area is 107 Å². The Hall–Kier alpha value is -0.590. The van der Waals surface area contributed by atoms with Gasteiger partial charge in [0, 0.05) is 18.8 Å². The summed E-state index contributed by atoms with van der Waals surface area (Å²) in [5.74, 6) is 5.53. The lowest BCUT2D eigenvalue weighted by atomic mass is 10.1. The molecule has 2 aromatic rings. The third kappa shape index (κ3) is 2.23. The van der Waals surface area contributed by atoms with E-state index >= 15 is 0 Å². The molecular weight excluding hydrogens is 267 g/mol. The topological polar surface area (TPSA) is 55.9 Å². The van der Waals surface area contributed by atoms with Crippen molar-refractivity contribution < 1.29 is 0 Å². The van der Waals surface area contributed by atoms with Gasteiger partial charge in [0.1, 0.15) is 0 Å². The molecule has 0 bridgehead atoms. The van der Waals surface area contributed by atoms with Crippen LogP contribution in [0.4, 0.5) is 0 Å². The van der Waals surface area contributed by atoms with Crippen LogP contribution < -0.4 is 11.3 Å². The second-order valence-corrected chi connectivity index (χ2v) is 5.58. The van der Waals surface area contributed by atoms with Crippen molar-refractivity contribution in [3.63, 3.8) is 0 Å². The van der Waals surface area contributed by atoms with Crippen LogP contribution in [0.15, 0.2) is 18.3 Å². The van der Waals surface area contributed by atoms with E-state index in [1.54, 1.807) is 10.7 Å². The van der Waals surface area contributed by atoms with Crippen LogP contribution in [0.25, 0.3) is 0 Å². The van der Waals surface area contributed by atoms with E-state index in [0.717, 1.165) is 11.3 Å². The Morgan fingerprint density at radius 1 is 1.56 bits per heavy atom. The van der Waals surface area contributed by atoms with Gasteiger partial charge in [0.2, 0.25) is 0 Å². The lowest BCUT2D eigenvalue weighted by molar-refractivity contribution is 0.605. The number of aromatic nitrogens is 2. The second-order valence-electron chi connectivity index (χ2n) is 3.29. The minimum absolute atomic E-state index is 0.238. The first-order valence-electron chi connectivity index (χ1n) is 4.52. The lowest BCUT2D eigenvalue weighted by Gasteiger charge is -2.12. The maximum Gasteiger partial charge on any atom is 0.0996 e. The largest absolute Gasteiger partial charge is 0.275 e. The number of hydrogen-bond acceptors (Lipinski definition) is 4. The first-order valence-corrected chi connectivity index (χ1v) is 6.09. The Balaban J connectivity index is 2.40. The van der Waals surface area contributed by atoms with E-state index in [9.17, 15) is 0 Å². The van der Waals surface area contributed by atoms with Crippen molar-refractivity contribution in [2.45, 2.75) is 6.04 Å². The van der Waals surface area contributed by atoms with Crippen molar-refractivity contribution in [2.75, 3.05) is 0 Å². The van der Waals surface area contributed by atoms with Gasteiger partial charge in [-0.15, -0.1) is 11.3 Å². The predicted octanol–water partition coefficient (Wildman–Crippen LogP) is 2.34. The average Bonchev–Trinajstić information content (AvgIpc) is 2.76. The van der Waals surface area contributed by atoms with Crippen LogP contribution in [0.5, 0.6) is 0 Å². The molecule has 2 aromatic heterocycles. The average molecular weight is 277 g/mol. The number of thiophene rings is 1. The zero-order valence-electron chi connectivity index (χ0n) is 8.45. The summed E-state index contributed by atoms with van der Waals surface area (Å²) in [4.78, 5) is 0. The fourth-order valence-corrected chi connectivity index (χ4v) is 3.00. The van der Waals surface area contributed by atoms with Crippen molar-refractivity contribution in [3.8, 4) is 0 Å². The Bertz CT molecular complexity index is 493. The normalized spacial score (nSPS) is 13.0. The van der Waals surface area contributed by atoms with Crippen molar-refractivity contribution in [1.29, 1.82) is 0 Å². The monoisotopic (exact) mass is 276 g/mol. The molecule has 86 valence electrons. The fraction of sp³-hybridized carbons (Fsp3) is 0.222. The van der Waals surface area contributed by atoms with Crippen molar-refractivity contribution in [2.24, 2.45) is 12.9 Å². The summed E-state index contributed by atoms with van der Waals surface area (Å²) in [5.41, 5.74) is 4.34. The van der Waals surface area contributed by atoms with Gasteiger partial charge in [-0.3, -0.25) is 10.5 Å². The van der Waals surface area contributed by atoms with Crippen LogP contribution in [-0.2, 0) is 7.05 Å². The molecule has 1 atom stereocenters. The van der Waals surface area contributed by atoms with Crippen LogP contribution in [0.3, 0.4) is 0 Å². The van der Waals surface area contributed by atoms with Crippen LogP contribution in [0, 0.1) is 0 Å². The predicted molar refractivity (Wildman–Crippen MR) is 66.7 cm³/mol. The third-order valence-corrected chi connectivity index (χ3v) is 3.71. The first kappa shape index (κ1) is 11.9. The highest BCUT2D eigenvalue weighted by atomic mass is 35.5. The summed E-state index contributed by atoms with van der Waals surface area (Å²) in [6.07, 6.45) is 1.85. The Morgan fingerprint density at radius 2 is 2.31 bits per heavy atom. The number of halogens is 2. The number of nitrogens with one attached hydrogen (secondary N) is 1. The van der Waals surface area contributed by atoms with Crippen LogP contribution in [0.2, 0.25) is 8.67 Å². The summed E-state index contributed by atoms with van der Waals surface area (Å²) in [6.45, 7) is 0. The van der Waals surface area contributed by atoms with Gasteiger partial charge < -0.3 is 0 Å². The van der Waals surface area contributed by atoms with E-state index in [4.69, 9.17) is 29.0 Å². The molecule has 4 nitrogen and oxygen atoms in total. The van der Waals surface area contributed by atoms with Gasteiger partial charge in [-0.25, -0.2) is 5.43 Å². The van der Waals surface area contributed by atoms with E-state index in [2.05, 4.69) is 10.5 Å². The number of hydrogen-bond donors (Lipinski definition) is 2. The van der Waals surface area contributed by atoms with Crippen molar-refractivity contribution >= 4 is 34.5 Å².